The molecule has 1 heterocycles. The molecule has 0 spiro atoms. The lowest BCUT2D eigenvalue weighted by molar-refractivity contribution is 0.582. The van der Waals surface area contributed by atoms with Crippen molar-refractivity contribution in [2.24, 2.45) is 5.73 Å². The molecule has 0 radical (unpaired) electrons. The Balaban J connectivity index is 2.01. The molecule has 0 aliphatic rings. The molecule has 0 bridgehead atoms. The fraction of sp³-hybridized carbons (Fsp3) is 0.286. The van der Waals surface area contributed by atoms with Crippen LogP contribution in [0.4, 0.5) is 0 Å². The van der Waals surface area contributed by atoms with E-state index in [4.69, 9.17) is 5.73 Å². The fourth-order valence-corrected chi connectivity index (χ4v) is 4.33. The highest BCUT2D eigenvalue weighted by atomic mass is 79.9. The van der Waals surface area contributed by atoms with Gasteiger partial charge in [-0.1, -0.05) is 12.1 Å². The van der Waals surface area contributed by atoms with Crippen LogP contribution in [0, 0.1) is 0 Å². The SMILES string of the molecule is NCCCc1ccc(S(=O)(=O)NCc2cc(Br)cs2)cc1. The van der Waals surface area contributed by atoms with E-state index in [1.165, 1.54) is 11.3 Å². The lowest BCUT2D eigenvalue weighted by Gasteiger charge is -2.07. The zero-order valence-electron chi connectivity index (χ0n) is 11.4. The number of benzene rings is 1. The fourth-order valence-electron chi connectivity index (χ4n) is 1.84. The number of aryl methyl sites for hydroxylation is 1. The van der Waals surface area contributed by atoms with Crippen LogP contribution in [0.5, 0.6) is 0 Å². The van der Waals surface area contributed by atoms with Gasteiger partial charge in [-0.25, -0.2) is 13.1 Å². The van der Waals surface area contributed by atoms with Crippen LogP contribution >= 0.6 is 27.3 Å². The van der Waals surface area contributed by atoms with E-state index in [0.717, 1.165) is 27.8 Å². The summed E-state index contributed by atoms with van der Waals surface area (Å²) >= 11 is 4.86. The average Bonchev–Trinajstić information content (AvgIpc) is 2.89. The molecule has 0 fully saturated rings. The first-order chi connectivity index (χ1) is 10.0. The van der Waals surface area contributed by atoms with Crippen molar-refractivity contribution in [3.63, 3.8) is 0 Å². The Labute approximate surface area is 137 Å². The van der Waals surface area contributed by atoms with Gasteiger partial charge in [0, 0.05) is 21.3 Å². The summed E-state index contributed by atoms with van der Waals surface area (Å²) in [5, 5.41) is 1.93. The summed E-state index contributed by atoms with van der Waals surface area (Å²) in [6, 6.07) is 8.86. The summed E-state index contributed by atoms with van der Waals surface area (Å²) in [4.78, 5) is 1.25. The Bertz CT molecular complexity index is 681. The highest BCUT2D eigenvalue weighted by Gasteiger charge is 2.13. The summed E-state index contributed by atoms with van der Waals surface area (Å²) in [5.74, 6) is 0. The van der Waals surface area contributed by atoms with E-state index in [1.54, 1.807) is 12.1 Å². The summed E-state index contributed by atoms with van der Waals surface area (Å²) < 4.78 is 28.0. The normalized spacial score (nSPS) is 11.7. The van der Waals surface area contributed by atoms with Gasteiger partial charge in [0.1, 0.15) is 0 Å². The van der Waals surface area contributed by atoms with Gasteiger partial charge < -0.3 is 5.73 Å². The first-order valence-electron chi connectivity index (χ1n) is 6.53. The molecular weight excluding hydrogens is 372 g/mol. The molecule has 0 aliphatic carbocycles. The van der Waals surface area contributed by atoms with Gasteiger partial charge in [-0.15, -0.1) is 11.3 Å². The average molecular weight is 389 g/mol. The third-order valence-corrected chi connectivity index (χ3v) is 6.08. The van der Waals surface area contributed by atoms with Crippen LogP contribution in [0.25, 0.3) is 0 Å². The molecule has 4 nitrogen and oxygen atoms in total. The molecule has 0 aliphatic heterocycles. The first-order valence-corrected chi connectivity index (χ1v) is 9.68. The van der Waals surface area contributed by atoms with Crippen LogP contribution in [0.3, 0.4) is 0 Å². The standard InChI is InChI=1S/C14H17BrN2O2S2/c15-12-8-13(20-10-12)9-17-21(18,19)14-5-3-11(4-6-14)2-1-7-16/h3-6,8,10,17H,1-2,7,9,16H2. The van der Waals surface area contributed by atoms with Gasteiger partial charge in [-0.05, 0) is 59.1 Å². The third kappa shape index (κ3) is 4.89. The van der Waals surface area contributed by atoms with Crippen molar-refractivity contribution in [1.29, 1.82) is 0 Å². The van der Waals surface area contributed by atoms with E-state index in [-0.39, 0.29) is 4.90 Å². The lowest BCUT2D eigenvalue weighted by atomic mass is 10.1. The van der Waals surface area contributed by atoms with Gasteiger partial charge in [0.2, 0.25) is 10.0 Å². The zero-order chi connectivity index (χ0) is 15.3. The molecule has 0 unspecified atom stereocenters. The van der Waals surface area contributed by atoms with Crippen LogP contribution in [0.1, 0.15) is 16.9 Å². The maximum atomic E-state index is 12.2. The number of halogens is 1. The first kappa shape index (κ1) is 16.6. The predicted molar refractivity (Wildman–Crippen MR) is 89.9 cm³/mol. The van der Waals surface area contributed by atoms with Crippen molar-refractivity contribution in [1.82, 2.24) is 4.72 Å². The van der Waals surface area contributed by atoms with E-state index in [2.05, 4.69) is 20.7 Å². The maximum absolute atomic E-state index is 12.2. The highest BCUT2D eigenvalue weighted by Crippen LogP contribution is 2.20. The number of sulfonamides is 1. The van der Waals surface area contributed by atoms with Crippen LogP contribution in [-0.4, -0.2) is 15.0 Å². The summed E-state index contributed by atoms with van der Waals surface area (Å²) in [6.07, 6.45) is 1.77. The van der Waals surface area contributed by atoms with E-state index < -0.39 is 10.0 Å². The summed E-state index contributed by atoms with van der Waals surface area (Å²) in [5.41, 5.74) is 6.56. The van der Waals surface area contributed by atoms with Crippen molar-refractivity contribution in [3.8, 4) is 0 Å². The van der Waals surface area contributed by atoms with Crippen LogP contribution < -0.4 is 10.5 Å². The van der Waals surface area contributed by atoms with Crippen molar-refractivity contribution in [3.05, 3.63) is 50.6 Å². The van der Waals surface area contributed by atoms with Crippen LogP contribution in [0.2, 0.25) is 0 Å². The molecule has 2 aromatic rings. The van der Waals surface area contributed by atoms with Crippen LogP contribution in [0.15, 0.2) is 45.1 Å². The number of hydrogen-bond acceptors (Lipinski definition) is 4. The Kier molecular flexibility index (Phi) is 5.95. The van der Waals surface area contributed by atoms with Crippen molar-refractivity contribution >= 4 is 37.3 Å². The van der Waals surface area contributed by atoms with E-state index in [9.17, 15) is 8.42 Å². The maximum Gasteiger partial charge on any atom is 0.240 e. The van der Waals surface area contributed by atoms with Crippen molar-refractivity contribution in [2.75, 3.05) is 6.54 Å². The zero-order valence-corrected chi connectivity index (χ0v) is 14.6. The van der Waals surface area contributed by atoms with E-state index in [1.807, 2.05) is 23.6 Å². The minimum atomic E-state index is -3.47. The highest BCUT2D eigenvalue weighted by molar-refractivity contribution is 9.10. The largest absolute Gasteiger partial charge is 0.330 e. The minimum absolute atomic E-state index is 0.287. The van der Waals surface area contributed by atoms with E-state index in [0.29, 0.717) is 13.1 Å². The molecule has 1 aromatic carbocycles. The van der Waals surface area contributed by atoms with Gasteiger partial charge in [0.25, 0.3) is 0 Å². The second kappa shape index (κ2) is 7.51. The smallest absolute Gasteiger partial charge is 0.240 e. The van der Waals surface area contributed by atoms with E-state index >= 15 is 0 Å². The number of hydrogen-bond donors (Lipinski definition) is 2. The van der Waals surface area contributed by atoms with Crippen LogP contribution in [-0.2, 0) is 23.0 Å². The second-order valence-corrected chi connectivity index (χ2v) is 8.27. The molecule has 0 amide bonds. The van der Waals surface area contributed by atoms with Gasteiger partial charge in [-0.3, -0.25) is 0 Å². The lowest BCUT2D eigenvalue weighted by Crippen LogP contribution is -2.22. The third-order valence-electron chi connectivity index (χ3n) is 2.96. The topological polar surface area (TPSA) is 72.2 Å². The minimum Gasteiger partial charge on any atom is -0.330 e. The summed E-state index contributed by atoms with van der Waals surface area (Å²) in [6.45, 7) is 0.936. The van der Waals surface area contributed by atoms with Gasteiger partial charge in [-0.2, -0.15) is 0 Å². The molecule has 3 N–H and O–H groups in total. The van der Waals surface area contributed by atoms with Gasteiger partial charge >= 0.3 is 0 Å². The second-order valence-electron chi connectivity index (χ2n) is 4.59. The Morgan fingerprint density at radius 2 is 1.95 bits per heavy atom. The Morgan fingerprint density at radius 1 is 1.24 bits per heavy atom. The Hall–Kier alpha value is -0.730. The number of nitrogens with one attached hydrogen (secondary N) is 1. The molecule has 0 atom stereocenters. The van der Waals surface area contributed by atoms with Gasteiger partial charge in [0.15, 0.2) is 0 Å². The molecule has 0 saturated heterocycles. The quantitative estimate of drug-likeness (QED) is 0.765. The molecule has 7 heteroatoms. The molecule has 114 valence electrons. The van der Waals surface area contributed by atoms with Crippen molar-refractivity contribution in [2.45, 2.75) is 24.3 Å². The number of nitrogens with two attached hydrogens (primary N) is 1. The molecule has 1 aromatic heterocycles. The molecule has 2 rings (SSSR count). The molecule has 21 heavy (non-hydrogen) atoms. The Morgan fingerprint density at radius 3 is 2.52 bits per heavy atom. The molecule has 0 saturated carbocycles. The monoisotopic (exact) mass is 388 g/mol. The van der Waals surface area contributed by atoms with Crippen molar-refractivity contribution < 1.29 is 8.42 Å². The number of rotatable bonds is 7. The predicted octanol–water partition coefficient (Wildman–Crippen LogP) is 2.88. The van der Waals surface area contributed by atoms with Gasteiger partial charge in [0.05, 0.1) is 4.90 Å². The summed E-state index contributed by atoms with van der Waals surface area (Å²) in [7, 11) is -3.47. The number of thiophene rings is 1. The molecular formula is C14H17BrN2O2S2.